The number of carboxylic acid groups (broad SMARTS) is 1. The van der Waals surface area contributed by atoms with E-state index in [1.54, 1.807) is 11.9 Å². The molecule has 1 aliphatic carbocycles. The van der Waals surface area contributed by atoms with E-state index < -0.39 is 11.6 Å². The highest BCUT2D eigenvalue weighted by Gasteiger charge is 2.33. The molecule has 1 unspecified atom stereocenters. The van der Waals surface area contributed by atoms with E-state index in [4.69, 9.17) is 10.2 Å². The molecule has 0 radical (unpaired) electrons. The molecule has 1 atom stereocenters. The molecule has 0 spiro atoms. The second kappa shape index (κ2) is 4.47. The van der Waals surface area contributed by atoms with Crippen molar-refractivity contribution in [2.45, 2.75) is 31.5 Å². The van der Waals surface area contributed by atoms with Crippen molar-refractivity contribution in [1.29, 1.82) is 0 Å². The van der Waals surface area contributed by atoms with Crippen LogP contribution in [0.1, 0.15) is 19.8 Å². The van der Waals surface area contributed by atoms with Gasteiger partial charge in [-0.05, 0) is 32.7 Å². The molecule has 1 rings (SSSR count). The number of rotatable bonds is 5. The lowest BCUT2D eigenvalue weighted by molar-refractivity contribution is -0.158. The molecule has 0 aromatic heterocycles. The van der Waals surface area contributed by atoms with E-state index >= 15 is 0 Å². The van der Waals surface area contributed by atoms with E-state index in [-0.39, 0.29) is 12.6 Å². The van der Waals surface area contributed by atoms with Crippen LogP contribution in [0, 0.1) is 5.92 Å². The summed E-state index contributed by atoms with van der Waals surface area (Å²) in [6.07, 6.45) is 1.36. The lowest BCUT2D eigenvalue weighted by Gasteiger charge is -2.35. The van der Waals surface area contributed by atoms with Gasteiger partial charge in [0.05, 0.1) is 6.10 Å². The third-order valence-corrected chi connectivity index (χ3v) is 2.82. The van der Waals surface area contributed by atoms with Crippen LogP contribution in [0.2, 0.25) is 0 Å². The van der Waals surface area contributed by atoms with Gasteiger partial charge in [0.2, 0.25) is 0 Å². The molecule has 0 bridgehead atoms. The average Bonchev–Trinajstić information content (AvgIpc) is 1.99. The minimum atomic E-state index is -1.70. The van der Waals surface area contributed by atoms with Gasteiger partial charge in [0.25, 0.3) is 0 Å². The quantitative estimate of drug-likeness (QED) is 0.580. The van der Waals surface area contributed by atoms with Crippen LogP contribution in [0.3, 0.4) is 0 Å². The summed E-state index contributed by atoms with van der Waals surface area (Å²) in [5, 5.41) is 27.3. The van der Waals surface area contributed by atoms with Gasteiger partial charge < -0.3 is 20.2 Å². The van der Waals surface area contributed by atoms with Gasteiger partial charge in [-0.3, -0.25) is 0 Å². The van der Waals surface area contributed by atoms with Crippen LogP contribution in [0.5, 0.6) is 0 Å². The highest BCUT2D eigenvalue weighted by atomic mass is 16.4. The Labute approximate surface area is 89.3 Å². The zero-order valence-electron chi connectivity index (χ0n) is 9.18. The van der Waals surface area contributed by atoms with Crippen LogP contribution in [0.25, 0.3) is 0 Å². The summed E-state index contributed by atoms with van der Waals surface area (Å²) in [4.78, 5) is 12.5. The van der Waals surface area contributed by atoms with Crippen molar-refractivity contribution >= 4 is 5.97 Å². The number of nitrogens with zero attached hydrogens (tertiary/aromatic N) is 1. The van der Waals surface area contributed by atoms with E-state index in [1.807, 2.05) is 0 Å². The first-order valence-electron chi connectivity index (χ1n) is 5.13. The molecule has 1 saturated carbocycles. The smallest absolute Gasteiger partial charge is 0.336 e. The molecule has 0 amide bonds. The fraction of sp³-hybridized carbons (Fsp3) is 0.900. The van der Waals surface area contributed by atoms with Crippen LogP contribution in [-0.4, -0.2) is 58.0 Å². The summed E-state index contributed by atoms with van der Waals surface area (Å²) in [5.74, 6) is -0.780. The monoisotopic (exact) mass is 217 g/mol. The number of carboxylic acids is 1. The number of aliphatic hydroxyl groups is 2. The highest BCUT2D eigenvalue weighted by Crippen LogP contribution is 2.27. The molecule has 0 aromatic rings. The molecule has 0 saturated heterocycles. The number of hydrogen-bond donors (Lipinski definition) is 3. The molecule has 88 valence electrons. The Morgan fingerprint density at radius 3 is 2.47 bits per heavy atom. The minimum Gasteiger partial charge on any atom is -0.479 e. The molecular weight excluding hydrogens is 198 g/mol. The largest absolute Gasteiger partial charge is 0.479 e. The number of hydrogen-bond acceptors (Lipinski definition) is 4. The third kappa shape index (κ3) is 3.44. The highest BCUT2D eigenvalue weighted by molar-refractivity contribution is 5.76. The van der Waals surface area contributed by atoms with E-state index in [0.29, 0.717) is 5.92 Å². The zero-order valence-corrected chi connectivity index (χ0v) is 9.18. The van der Waals surface area contributed by atoms with Crippen molar-refractivity contribution in [3.8, 4) is 0 Å². The number of likely N-dealkylation sites (N-methyl/N-ethyl adjacent to an activating group) is 1. The fourth-order valence-corrected chi connectivity index (χ4v) is 1.95. The zero-order chi connectivity index (χ0) is 11.6. The number of carbonyl (C=O) groups is 1. The van der Waals surface area contributed by atoms with Gasteiger partial charge in [-0.15, -0.1) is 0 Å². The van der Waals surface area contributed by atoms with E-state index in [0.717, 1.165) is 19.4 Å². The topological polar surface area (TPSA) is 81.0 Å². The van der Waals surface area contributed by atoms with Crippen LogP contribution in [0.4, 0.5) is 0 Å². The van der Waals surface area contributed by atoms with Gasteiger partial charge in [-0.1, -0.05) is 0 Å². The maximum Gasteiger partial charge on any atom is 0.336 e. The van der Waals surface area contributed by atoms with Gasteiger partial charge in [-0.25, -0.2) is 4.79 Å². The van der Waals surface area contributed by atoms with E-state index in [1.165, 1.54) is 6.92 Å². The second-order valence-corrected chi connectivity index (χ2v) is 4.77. The maximum absolute atomic E-state index is 10.7. The van der Waals surface area contributed by atoms with Gasteiger partial charge in [0.15, 0.2) is 5.60 Å². The van der Waals surface area contributed by atoms with Crippen LogP contribution < -0.4 is 0 Å². The van der Waals surface area contributed by atoms with Crippen molar-refractivity contribution < 1.29 is 20.1 Å². The molecule has 1 aliphatic rings. The molecular formula is C10H19NO4. The molecule has 5 heteroatoms. The molecule has 3 N–H and O–H groups in total. The average molecular weight is 217 g/mol. The fourth-order valence-electron chi connectivity index (χ4n) is 1.95. The molecule has 0 aliphatic heterocycles. The van der Waals surface area contributed by atoms with E-state index in [2.05, 4.69) is 0 Å². The first-order chi connectivity index (χ1) is 6.81. The van der Waals surface area contributed by atoms with Gasteiger partial charge in [0, 0.05) is 13.1 Å². The SMILES string of the molecule is CN(CC1CC(O)C1)CC(C)(O)C(=O)O. The second-order valence-electron chi connectivity index (χ2n) is 4.77. The Balaban J connectivity index is 2.29. The third-order valence-electron chi connectivity index (χ3n) is 2.82. The summed E-state index contributed by atoms with van der Waals surface area (Å²) in [6, 6.07) is 0. The molecule has 15 heavy (non-hydrogen) atoms. The normalized spacial score (nSPS) is 29.7. The van der Waals surface area contributed by atoms with Gasteiger partial charge >= 0.3 is 5.97 Å². The van der Waals surface area contributed by atoms with Crippen molar-refractivity contribution in [1.82, 2.24) is 4.90 Å². The van der Waals surface area contributed by atoms with Crippen LogP contribution >= 0.6 is 0 Å². The van der Waals surface area contributed by atoms with Crippen LogP contribution in [-0.2, 0) is 4.79 Å². The summed E-state index contributed by atoms with van der Waals surface area (Å²) < 4.78 is 0. The van der Waals surface area contributed by atoms with Crippen molar-refractivity contribution in [3.63, 3.8) is 0 Å². The minimum absolute atomic E-state index is 0.106. The van der Waals surface area contributed by atoms with Crippen molar-refractivity contribution in [2.75, 3.05) is 20.1 Å². The molecule has 1 fully saturated rings. The Bertz CT molecular complexity index is 236. The number of aliphatic hydroxyl groups excluding tert-OH is 1. The summed E-state index contributed by atoms with van der Waals surface area (Å²) in [5.41, 5.74) is -1.70. The van der Waals surface area contributed by atoms with Crippen LogP contribution in [0.15, 0.2) is 0 Å². The molecule has 0 aromatic carbocycles. The summed E-state index contributed by atoms with van der Waals surface area (Å²) in [6.45, 7) is 2.12. The predicted octanol–water partition coefficient (Wildman–Crippen LogP) is -0.475. The van der Waals surface area contributed by atoms with Gasteiger partial charge in [-0.2, -0.15) is 0 Å². The molecule has 5 nitrogen and oxygen atoms in total. The first kappa shape index (κ1) is 12.4. The maximum atomic E-state index is 10.7. The van der Waals surface area contributed by atoms with Crippen molar-refractivity contribution in [3.05, 3.63) is 0 Å². The summed E-state index contributed by atoms with van der Waals surface area (Å²) in [7, 11) is 1.78. The van der Waals surface area contributed by atoms with Crippen molar-refractivity contribution in [2.24, 2.45) is 5.92 Å². The Morgan fingerprint density at radius 2 is 2.07 bits per heavy atom. The Morgan fingerprint density at radius 1 is 1.53 bits per heavy atom. The van der Waals surface area contributed by atoms with Gasteiger partial charge in [0.1, 0.15) is 0 Å². The lowest BCUT2D eigenvalue weighted by Crippen LogP contribution is -2.48. The predicted molar refractivity (Wildman–Crippen MR) is 54.5 cm³/mol. The Hall–Kier alpha value is -0.650. The van der Waals surface area contributed by atoms with E-state index in [9.17, 15) is 9.90 Å². The standard InChI is InChI=1S/C10H19NO4/c1-10(15,9(13)14)6-11(2)5-7-3-8(12)4-7/h7-8,12,15H,3-6H2,1-2H3,(H,13,14). The first-order valence-corrected chi connectivity index (χ1v) is 5.13. The lowest BCUT2D eigenvalue weighted by atomic mass is 9.82. The summed E-state index contributed by atoms with van der Waals surface area (Å²) >= 11 is 0. The number of aliphatic carboxylic acids is 1. The Kier molecular flexibility index (Phi) is 3.70. The molecule has 0 heterocycles.